The highest BCUT2D eigenvalue weighted by molar-refractivity contribution is 6.39. The molecule has 2 aromatic rings. The molecule has 0 spiro atoms. The molecule has 27 heavy (non-hydrogen) atoms. The molecule has 6 nitrogen and oxygen atoms in total. The van der Waals surface area contributed by atoms with Crippen LogP contribution < -0.4 is 10.2 Å². The second kappa shape index (κ2) is 8.68. The molecular formula is C21H26N4O2. The zero-order valence-corrected chi connectivity index (χ0v) is 15.9. The van der Waals surface area contributed by atoms with E-state index in [2.05, 4.69) is 22.3 Å². The van der Waals surface area contributed by atoms with E-state index in [-0.39, 0.29) is 0 Å². The molecule has 1 N–H and O–H groups in total. The highest BCUT2D eigenvalue weighted by Gasteiger charge is 2.26. The van der Waals surface area contributed by atoms with E-state index in [4.69, 9.17) is 0 Å². The predicted octanol–water partition coefficient (Wildman–Crippen LogP) is 2.04. The summed E-state index contributed by atoms with van der Waals surface area (Å²) < 4.78 is 0. The van der Waals surface area contributed by atoms with Crippen LogP contribution in [0.25, 0.3) is 0 Å². The molecule has 1 fully saturated rings. The summed E-state index contributed by atoms with van der Waals surface area (Å²) >= 11 is 0. The molecule has 1 saturated heterocycles. The van der Waals surface area contributed by atoms with Crippen molar-refractivity contribution in [2.45, 2.75) is 6.54 Å². The zero-order valence-electron chi connectivity index (χ0n) is 15.9. The van der Waals surface area contributed by atoms with Crippen molar-refractivity contribution >= 4 is 23.2 Å². The lowest BCUT2D eigenvalue weighted by Crippen LogP contribution is -2.51. The van der Waals surface area contributed by atoms with Gasteiger partial charge >= 0.3 is 11.8 Å². The minimum Gasteiger partial charge on any atom is -0.378 e. The zero-order chi connectivity index (χ0) is 19.2. The van der Waals surface area contributed by atoms with Gasteiger partial charge in [-0.05, 0) is 29.8 Å². The smallest absolute Gasteiger partial charge is 0.313 e. The Labute approximate surface area is 160 Å². The summed E-state index contributed by atoms with van der Waals surface area (Å²) in [6, 6.07) is 17.7. The Kier molecular flexibility index (Phi) is 6.08. The Morgan fingerprint density at radius 1 is 0.926 bits per heavy atom. The van der Waals surface area contributed by atoms with Gasteiger partial charge in [0.2, 0.25) is 0 Å². The number of nitrogens with zero attached hydrogens (tertiary/aromatic N) is 3. The van der Waals surface area contributed by atoms with Gasteiger partial charge in [0, 0.05) is 58.2 Å². The molecule has 0 bridgehead atoms. The van der Waals surface area contributed by atoms with Gasteiger partial charge in [-0.3, -0.25) is 14.5 Å². The number of nitrogens with one attached hydrogen (secondary N) is 1. The highest BCUT2D eigenvalue weighted by Crippen LogP contribution is 2.16. The van der Waals surface area contributed by atoms with Crippen LogP contribution >= 0.6 is 0 Å². The average molecular weight is 366 g/mol. The molecule has 0 aromatic heterocycles. The first-order valence-corrected chi connectivity index (χ1v) is 9.17. The normalized spacial score (nSPS) is 14.7. The molecule has 3 rings (SSSR count). The van der Waals surface area contributed by atoms with Crippen molar-refractivity contribution in [2.75, 3.05) is 50.5 Å². The van der Waals surface area contributed by atoms with Gasteiger partial charge < -0.3 is 15.1 Å². The summed E-state index contributed by atoms with van der Waals surface area (Å²) in [5, 5.41) is 2.69. The molecule has 1 aliphatic rings. The average Bonchev–Trinajstić information content (AvgIpc) is 2.69. The quantitative estimate of drug-likeness (QED) is 0.842. The maximum absolute atomic E-state index is 12.4. The lowest BCUT2D eigenvalue weighted by atomic mass is 10.2. The molecule has 2 aromatic carbocycles. The van der Waals surface area contributed by atoms with Crippen LogP contribution in [0.1, 0.15) is 5.56 Å². The predicted molar refractivity (Wildman–Crippen MR) is 108 cm³/mol. The van der Waals surface area contributed by atoms with E-state index >= 15 is 0 Å². The lowest BCUT2D eigenvalue weighted by Gasteiger charge is -2.34. The van der Waals surface area contributed by atoms with Crippen LogP contribution in [0.3, 0.4) is 0 Å². The molecule has 0 saturated carbocycles. The number of benzene rings is 2. The molecular weight excluding hydrogens is 340 g/mol. The molecule has 2 amide bonds. The number of hydrogen-bond donors (Lipinski definition) is 1. The van der Waals surface area contributed by atoms with Crippen molar-refractivity contribution in [1.29, 1.82) is 0 Å². The monoisotopic (exact) mass is 366 g/mol. The van der Waals surface area contributed by atoms with Crippen molar-refractivity contribution in [3.63, 3.8) is 0 Å². The molecule has 1 aliphatic heterocycles. The van der Waals surface area contributed by atoms with Crippen LogP contribution in [0, 0.1) is 0 Å². The van der Waals surface area contributed by atoms with Gasteiger partial charge in [0.05, 0.1) is 0 Å². The van der Waals surface area contributed by atoms with Crippen LogP contribution in [-0.4, -0.2) is 61.9 Å². The summed E-state index contributed by atoms with van der Waals surface area (Å²) in [4.78, 5) is 30.6. The molecule has 0 aliphatic carbocycles. The van der Waals surface area contributed by atoms with Gasteiger partial charge in [0.15, 0.2) is 0 Å². The summed E-state index contributed by atoms with van der Waals surface area (Å²) in [6.07, 6.45) is 0. The summed E-state index contributed by atoms with van der Waals surface area (Å²) in [7, 11) is 3.91. The van der Waals surface area contributed by atoms with Crippen LogP contribution in [0.4, 0.5) is 11.4 Å². The molecule has 0 unspecified atom stereocenters. The number of hydrogen-bond acceptors (Lipinski definition) is 4. The molecule has 0 atom stereocenters. The number of rotatable bonds is 4. The Morgan fingerprint density at radius 2 is 1.56 bits per heavy atom. The van der Waals surface area contributed by atoms with Crippen LogP contribution in [0.2, 0.25) is 0 Å². The second-order valence-electron chi connectivity index (χ2n) is 6.95. The number of carbonyl (C=O) groups excluding carboxylic acids is 2. The largest absolute Gasteiger partial charge is 0.378 e. The minimum absolute atomic E-state index is 0.467. The van der Waals surface area contributed by atoms with E-state index in [1.807, 2.05) is 49.3 Å². The van der Waals surface area contributed by atoms with E-state index in [9.17, 15) is 9.59 Å². The van der Waals surface area contributed by atoms with Gasteiger partial charge in [-0.2, -0.15) is 0 Å². The fraction of sp³-hybridized carbons (Fsp3) is 0.333. The first-order chi connectivity index (χ1) is 13.0. The van der Waals surface area contributed by atoms with Gasteiger partial charge in [0.25, 0.3) is 0 Å². The Morgan fingerprint density at radius 3 is 2.15 bits per heavy atom. The van der Waals surface area contributed by atoms with Gasteiger partial charge in [-0.25, -0.2) is 0 Å². The molecule has 142 valence electrons. The number of carbonyl (C=O) groups is 2. The standard InChI is InChI=1S/C21H26N4O2/c1-23(2)19-10-8-18(9-11-19)22-20(26)21(27)25-14-12-24(13-15-25)16-17-6-4-3-5-7-17/h3-11H,12-16H2,1-2H3,(H,22,26). The topological polar surface area (TPSA) is 55.9 Å². The summed E-state index contributed by atoms with van der Waals surface area (Å²) in [5.74, 6) is -1.05. The lowest BCUT2D eigenvalue weighted by molar-refractivity contribution is -0.144. The third kappa shape index (κ3) is 5.08. The Bertz CT molecular complexity index is 767. The van der Waals surface area contributed by atoms with Crippen molar-refractivity contribution < 1.29 is 9.59 Å². The van der Waals surface area contributed by atoms with Crippen LogP contribution in [0.5, 0.6) is 0 Å². The van der Waals surface area contributed by atoms with E-state index < -0.39 is 11.8 Å². The Hall–Kier alpha value is -2.86. The van der Waals surface area contributed by atoms with Crippen molar-refractivity contribution in [2.24, 2.45) is 0 Å². The van der Waals surface area contributed by atoms with E-state index in [1.54, 1.807) is 17.0 Å². The van der Waals surface area contributed by atoms with Gasteiger partial charge in [0.1, 0.15) is 0 Å². The number of amides is 2. The fourth-order valence-corrected chi connectivity index (χ4v) is 3.12. The van der Waals surface area contributed by atoms with Crippen LogP contribution in [-0.2, 0) is 16.1 Å². The maximum Gasteiger partial charge on any atom is 0.313 e. The first kappa shape index (κ1) is 18.9. The van der Waals surface area contributed by atoms with E-state index in [1.165, 1.54) is 5.56 Å². The first-order valence-electron chi connectivity index (χ1n) is 9.17. The van der Waals surface area contributed by atoms with Gasteiger partial charge in [-0.1, -0.05) is 30.3 Å². The van der Waals surface area contributed by atoms with Crippen molar-refractivity contribution in [1.82, 2.24) is 9.80 Å². The number of anilines is 2. The molecule has 1 heterocycles. The van der Waals surface area contributed by atoms with Crippen molar-refractivity contribution in [3.05, 3.63) is 60.2 Å². The molecule has 6 heteroatoms. The second-order valence-corrected chi connectivity index (χ2v) is 6.95. The van der Waals surface area contributed by atoms with E-state index in [0.717, 1.165) is 25.3 Å². The van der Waals surface area contributed by atoms with Crippen molar-refractivity contribution in [3.8, 4) is 0 Å². The third-order valence-electron chi connectivity index (χ3n) is 4.74. The third-order valence-corrected chi connectivity index (χ3v) is 4.74. The maximum atomic E-state index is 12.4. The number of piperazine rings is 1. The SMILES string of the molecule is CN(C)c1ccc(NC(=O)C(=O)N2CCN(Cc3ccccc3)CC2)cc1. The van der Waals surface area contributed by atoms with E-state index in [0.29, 0.717) is 18.8 Å². The highest BCUT2D eigenvalue weighted by atomic mass is 16.2. The van der Waals surface area contributed by atoms with Gasteiger partial charge in [-0.15, -0.1) is 0 Å². The Balaban J connectivity index is 1.49. The van der Waals surface area contributed by atoms with Crippen LogP contribution in [0.15, 0.2) is 54.6 Å². The summed E-state index contributed by atoms with van der Waals surface area (Å²) in [5.41, 5.74) is 2.92. The fourth-order valence-electron chi connectivity index (χ4n) is 3.12. The minimum atomic E-state index is -0.580. The molecule has 0 radical (unpaired) electrons. The summed E-state index contributed by atoms with van der Waals surface area (Å²) in [6.45, 7) is 3.54.